The molecule has 0 radical (unpaired) electrons. The molecule has 2 heteroatoms. The van der Waals surface area contributed by atoms with Crippen molar-refractivity contribution in [2.24, 2.45) is 0 Å². The maximum atomic E-state index is 5.33. The van der Waals surface area contributed by atoms with Gasteiger partial charge in [0.1, 0.15) is 0 Å². The minimum absolute atomic E-state index is 0.229. The van der Waals surface area contributed by atoms with Gasteiger partial charge in [0.2, 0.25) is 0 Å². The molecule has 0 fully saturated rings. The lowest BCUT2D eigenvalue weighted by Gasteiger charge is -2.46. The van der Waals surface area contributed by atoms with Crippen LogP contribution >= 0.6 is 0 Å². The van der Waals surface area contributed by atoms with Crippen LogP contribution < -0.4 is 5.32 Å². The smallest absolute Gasteiger partial charge is 0.0331 e. The number of nitrogens with one attached hydrogen (secondary N) is 1. The van der Waals surface area contributed by atoms with Crippen molar-refractivity contribution < 1.29 is 0 Å². The molecule has 0 aliphatic rings. The van der Waals surface area contributed by atoms with Crippen molar-refractivity contribution >= 4 is 0 Å². The lowest BCUT2D eigenvalue weighted by Crippen LogP contribution is -2.58. The van der Waals surface area contributed by atoms with E-state index >= 15 is 0 Å². The third-order valence-electron chi connectivity index (χ3n) is 4.11. The normalized spacial score (nSPS) is 16.5. The molecule has 2 nitrogen and oxygen atoms in total. The van der Waals surface area contributed by atoms with Crippen LogP contribution in [0.25, 0.3) is 0 Å². The van der Waals surface area contributed by atoms with Gasteiger partial charge in [-0.05, 0) is 46.3 Å². The maximum Gasteiger partial charge on any atom is 0.0331 e. The predicted molar refractivity (Wildman–Crippen MR) is 77.1 cm³/mol. The number of unbranched alkanes of at least 4 members (excludes halogenated alkanes) is 1. The standard InChI is InChI=1S/C15H30N2/c1-7-11-12-13-14(16-6)15(5,8-2)17(9-3)10-4/h1,14,16H,8-13H2,2-6H3. The number of hydrogen-bond acceptors (Lipinski definition) is 2. The van der Waals surface area contributed by atoms with Crippen LogP contribution in [0.3, 0.4) is 0 Å². The van der Waals surface area contributed by atoms with Gasteiger partial charge >= 0.3 is 0 Å². The minimum atomic E-state index is 0.229. The topological polar surface area (TPSA) is 15.3 Å². The Morgan fingerprint density at radius 3 is 2.24 bits per heavy atom. The molecule has 1 N–H and O–H groups in total. The molecule has 2 unspecified atom stereocenters. The molecular formula is C15H30N2. The van der Waals surface area contributed by atoms with Crippen LogP contribution in [0.1, 0.15) is 53.4 Å². The molecule has 0 spiro atoms. The highest BCUT2D eigenvalue weighted by molar-refractivity contribution is 4.96. The van der Waals surface area contributed by atoms with Crippen molar-refractivity contribution in [3.05, 3.63) is 0 Å². The third kappa shape index (κ3) is 4.33. The molecular weight excluding hydrogens is 208 g/mol. The van der Waals surface area contributed by atoms with Crippen molar-refractivity contribution in [3.63, 3.8) is 0 Å². The monoisotopic (exact) mass is 238 g/mol. The van der Waals surface area contributed by atoms with Crippen molar-refractivity contribution in [2.75, 3.05) is 20.1 Å². The molecule has 0 saturated carbocycles. The molecule has 100 valence electrons. The summed E-state index contributed by atoms with van der Waals surface area (Å²) in [5.74, 6) is 2.73. The number of rotatable bonds is 9. The molecule has 0 aliphatic carbocycles. The van der Waals surface area contributed by atoms with Crippen molar-refractivity contribution in [2.45, 2.75) is 65.0 Å². The second-order valence-corrected chi connectivity index (χ2v) is 4.82. The van der Waals surface area contributed by atoms with E-state index in [-0.39, 0.29) is 5.54 Å². The van der Waals surface area contributed by atoms with Gasteiger partial charge in [0, 0.05) is 18.0 Å². The van der Waals surface area contributed by atoms with Crippen molar-refractivity contribution in [3.8, 4) is 12.3 Å². The molecule has 0 amide bonds. The molecule has 0 heterocycles. The average molecular weight is 238 g/mol. The van der Waals surface area contributed by atoms with Crippen LogP contribution in [0.5, 0.6) is 0 Å². The fourth-order valence-corrected chi connectivity index (χ4v) is 2.81. The van der Waals surface area contributed by atoms with Gasteiger partial charge in [0.25, 0.3) is 0 Å². The first-order valence-corrected chi connectivity index (χ1v) is 6.96. The first-order valence-electron chi connectivity index (χ1n) is 6.96. The molecule has 17 heavy (non-hydrogen) atoms. The molecule has 0 bridgehead atoms. The van der Waals surface area contributed by atoms with E-state index in [1.165, 1.54) is 0 Å². The summed E-state index contributed by atoms with van der Waals surface area (Å²) in [5.41, 5.74) is 0.229. The van der Waals surface area contributed by atoms with Gasteiger partial charge in [0.05, 0.1) is 0 Å². The van der Waals surface area contributed by atoms with Crippen LogP contribution in [-0.4, -0.2) is 36.6 Å². The Morgan fingerprint density at radius 1 is 1.29 bits per heavy atom. The number of terminal acetylenes is 1. The third-order valence-corrected chi connectivity index (χ3v) is 4.11. The maximum absolute atomic E-state index is 5.33. The van der Waals surface area contributed by atoms with E-state index in [4.69, 9.17) is 6.42 Å². The molecule has 2 atom stereocenters. The minimum Gasteiger partial charge on any atom is -0.315 e. The summed E-state index contributed by atoms with van der Waals surface area (Å²) in [4.78, 5) is 2.56. The molecule has 0 rings (SSSR count). The number of nitrogens with zero attached hydrogens (tertiary/aromatic N) is 1. The van der Waals surface area contributed by atoms with Crippen LogP contribution in [0.2, 0.25) is 0 Å². The molecule has 0 aromatic heterocycles. The second-order valence-electron chi connectivity index (χ2n) is 4.82. The molecule has 0 aromatic rings. The predicted octanol–water partition coefficient (Wildman–Crippen LogP) is 2.89. The van der Waals surface area contributed by atoms with Gasteiger partial charge in [-0.15, -0.1) is 12.3 Å². The molecule has 0 aliphatic heterocycles. The highest BCUT2D eigenvalue weighted by atomic mass is 15.2. The van der Waals surface area contributed by atoms with E-state index in [0.29, 0.717) is 6.04 Å². The Kier molecular flexibility index (Phi) is 8.29. The lowest BCUT2D eigenvalue weighted by molar-refractivity contribution is 0.0690. The molecule has 0 aromatic carbocycles. The van der Waals surface area contributed by atoms with E-state index in [2.05, 4.69) is 50.9 Å². The summed E-state index contributed by atoms with van der Waals surface area (Å²) in [6, 6.07) is 0.515. The molecule has 0 saturated heterocycles. The summed E-state index contributed by atoms with van der Waals surface area (Å²) in [7, 11) is 2.07. The average Bonchev–Trinajstić information content (AvgIpc) is 2.35. The Bertz CT molecular complexity index is 228. The van der Waals surface area contributed by atoms with Gasteiger partial charge < -0.3 is 5.32 Å². The summed E-state index contributed by atoms with van der Waals surface area (Å²) in [6.45, 7) is 11.3. The summed E-state index contributed by atoms with van der Waals surface area (Å²) in [6.07, 6.45) is 9.64. The van der Waals surface area contributed by atoms with Gasteiger partial charge in [-0.2, -0.15) is 0 Å². The first kappa shape index (κ1) is 16.5. The van der Waals surface area contributed by atoms with Crippen LogP contribution in [-0.2, 0) is 0 Å². The van der Waals surface area contributed by atoms with Crippen LogP contribution in [0.15, 0.2) is 0 Å². The van der Waals surface area contributed by atoms with E-state index in [0.717, 1.165) is 38.8 Å². The highest BCUT2D eigenvalue weighted by Gasteiger charge is 2.35. The zero-order chi connectivity index (χ0) is 13.3. The largest absolute Gasteiger partial charge is 0.315 e. The van der Waals surface area contributed by atoms with E-state index in [1.54, 1.807) is 0 Å². The zero-order valence-corrected chi connectivity index (χ0v) is 12.3. The summed E-state index contributed by atoms with van der Waals surface area (Å²) >= 11 is 0. The SMILES string of the molecule is C#CCCCC(NC)C(C)(CC)N(CC)CC. The Hall–Kier alpha value is -0.520. The van der Waals surface area contributed by atoms with Gasteiger partial charge in [-0.3, -0.25) is 4.90 Å². The lowest BCUT2D eigenvalue weighted by atomic mass is 9.84. The van der Waals surface area contributed by atoms with Crippen molar-refractivity contribution in [1.29, 1.82) is 0 Å². The van der Waals surface area contributed by atoms with Gasteiger partial charge in [-0.25, -0.2) is 0 Å². The highest BCUT2D eigenvalue weighted by Crippen LogP contribution is 2.26. The Balaban J connectivity index is 4.70. The Labute approximate surface area is 108 Å². The van der Waals surface area contributed by atoms with E-state index in [9.17, 15) is 0 Å². The first-order chi connectivity index (χ1) is 8.10. The number of hydrogen-bond donors (Lipinski definition) is 1. The van der Waals surface area contributed by atoms with Gasteiger partial charge in [0.15, 0.2) is 0 Å². The van der Waals surface area contributed by atoms with E-state index < -0.39 is 0 Å². The van der Waals surface area contributed by atoms with Crippen LogP contribution in [0.4, 0.5) is 0 Å². The van der Waals surface area contributed by atoms with E-state index in [1.807, 2.05) is 0 Å². The second kappa shape index (κ2) is 8.55. The fraction of sp³-hybridized carbons (Fsp3) is 0.867. The zero-order valence-electron chi connectivity index (χ0n) is 12.3. The summed E-state index contributed by atoms with van der Waals surface area (Å²) in [5, 5.41) is 3.49. The quantitative estimate of drug-likeness (QED) is 0.491. The van der Waals surface area contributed by atoms with Gasteiger partial charge in [-0.1, -0.05) is 20.8 Å². The summed E-state index contributed by atoms with van der Waals surface area (Å²) < 4.78 is 0. The van der Waals surface area contributed by atoms with Crippen LogP contribution in [0, 0.1) is 12.3 Å². The van der Waals surface area contributed by atoms with Crippen molar-refractivity contribution in [1.82, 2.24) is 10.2 Å². The number of likely N-dealkylation sites (N-methyl/N-ethyl adjacent to an activating group) is 2. The fourth-order valence-electron chi connectivity index (χ4n) is 2.81. The Morgan fingerprint density at radius 2 is 1.88 bits per heavy atom.